The van der Waals surface area contributed by atoms with Crippen molar-refractivity contribution in [3.8, 4) is 0 Å². The number of hydrogen-bond acceptors (Lipinski definition) is 5. The van der Waals surface area contributed by atoms with E-state index in [2.05, 4.69) is 4.98 Å². The Morgan fingerprint density at radius 2 is 2.00 bits per heavy atom. The largest absolute Gasteiger partial charge is 0.396 e. The van der Waals surface area contributed by atoms with Crippen LogP contribution in [0.3, 0.4) is 0 Å². The molecule has 0 bridgehead atoms. The van der Waals surface area contributed by atoms with Crippen LogP contribution in [0.1, 0.15) is 26.2 Å². The van der Waals surface area contributed by atoms with Gasteiger partial charge in [-0.15, -0.1) is 0 Å². The molecule has 1 aromatic rings. The monoisotopic (exact) mass is 270 g/mol. The van der Waals surface area contributed by atoms with E-state index in [1.165, 1.54) is 4.57 Å². The fourth-order valence-electron chi connectivity index (χ4n) is 2.01. The van der Waals surface area contributed by atoms with Gasteiger partial charge in [-0.3, -0.25) is 14.3 Å². The molecule has 0 spiro atoms. The minimum Gasteiger partial charge on any atom is -0.396 e. The molecule has 0 aromatic carbocycles. The normalized spacial score (nSPS) is 10.7. The maximum Gasteiger partial charge on any atom is 0.330 e. The average Bonchev–Trinajstić information content (AvgIpc) is 2.34. The van der Waals surface area contributed by atoms with Crippen molar-refractivity contribution in [3.63, 3.8) is 0 Å². The number of rotatable bonds is 7. The second-order valence-corrected chi connectivity index (χ2v) is 4.44. The molecule has 0 saturated heterocycles. The number of aromatic nitrogens is 2. The lowest BCUT2D eigenvalue weighted by atomic mass is 10.2. The Morgan fingerprint density at radius 3 is 2.58 bits per heavy atom. The first-order valence-corrected chi connectivity index (χ1v) is 6.47. The van der Waals surface area contributed by atoms with Crippen LogP contribution in [0.4, 0.5) is 11.5 Å². The minimum absolute atomic E-state index is 0.174. The number of nitrogens with one attached hydrogen (secondary N) is 1. The van der Waals surface area contributed by atoms with E-state index >= 15 is 0 Å². The lowest BCUT2D eigenvalue weighted by molar-refractivity contribution is 0.283. The van der Waals surface area contributed by atoms with E-state index < -0.39 is 11.2 Å². The molecule has 1 aromatic heterocycles. The van der Waals surface area contributed by atoms with Crippen LogP contribution in [0.25, 0.3) is 0 Å². The van der Waals surface area contributed by atoms with Crippen LogP contribution in [-0.4, -0.2) is 34.9 Å². The van der Waals surface area contributed by atoms with Gasteiger partial charge in [0.1, 0.15) is 11.5 Å². The maximum atomic E-state index is 11.8. The molecule has 4 N–H and O–H groups in total. The van der Waals surface area contributed by atoms with E-state index in [-0.39, 0.29) is 12.4 Å². The van der Waals surface area contributed by atoms with Gasteiger partial charge >= 0.3 is 5.69 Å². The summed E-state index contributed by atoms with van der Waals surface area (Å²) in [5.41, 5.74) is 5.27. The Labute approximate surface area is 111 Å². The molecule has 0 unspecified atom stereocenters. The minimum atomic E-state index is -0.484. The molecule has 1 heterocycles. The van der Waals surface area contributed by atoms with Gasteiger partial charge in [0, 0.05) is 26.7 Å². The van der Waals surface area contributed by atoms with Gasteiger partial charge in [0.25, 0.3) is 5.56 Å². The molecule has 1 rings (SSSR count). The fraction of sp³-hybridized carbons (Fsp3) is 0.667. The SMILES string of the molecule is CCn1c(N)c(N(C)CCCCCO)c(=O)[nH]c1=O. The number of H-pyrrole nitrogens is 1. The van der Waals surface area contributed by atoms with E-state index in [9.17, 15) is 9.59 Å². The fourth-order valence-corrected chi connectivity index (χ4v) is 2.01. The highest BCUT2D eigenvalue weighted by molar-refractivity contribution is 5.61. The summed E-state index contributed by atoms with van der Waals surface area (Å²) in [4.78, 5) is 27.4. The van der Waals surface area contributed by atoms with Crippen LogP contribution in [-0.2, 0) is 6.54 Å². The Kier molecular flexibility index (Phi) is 5.62. The molecule has 108 valence electrons. The van der Waals surface area contributed by atoms with Crippen molar-refractivity contribution in [2.45, 2.75) is 32.7 Å². The van der Waals surface area contributed by atoms with Gasteiger partial charge in [0.2, 0.25) is 0 Å². The zero-order chi connectivity index (χ0) is 14.4. The second-order valence-electron chi connectivity index (χ2n) is 4.44. The molecule has 0 fully saturated rings. The van der Waals surface area contributed by atoms with Crippen LogP contribution in [0.2, 0.25) is 0 Å². The van der Waals surface area contributed by atoms with E-state index in [4.69, 9.17) is 10.8 Å². The maximum absolute atomic E-state index is 11.8. The van der Waals surface area contributed by atoms with Crippen LogP contribution < -0.4 is 21.9 Å². The van der Waals surface area contributed by atoms with Crippen LogP contribution in [0.5, 0.6) is 0 Å². The summed E-state index contributed by atoms with van der Waals surface area (Å²) in [6.45, 7) is 3.02. The van der Waals surface area contributed by atoms with Crippen molar-refractivity contribution in [3.05, 3.63) is 20.8 Å². The molecule has 0 radical (unpaired) electrons. The molecule has 7 nitrogen and oxygen atoms in total. The molecule has 0 aliphatic rings. The highest BCUT2D eigenvalue weighted by Gasteiger charge is 2.14. The predicted molar refractivity (Wildman–Crippen MR) is 75.6 cm³/mol. The van der Waals surface area contributed by atoms with Crippen LogP contribution in [0, 0.1) is 0 Å². The molecular formula is C12H22N4O3. The Balaban J connectivity index is 2.93. The summed E-state index contributed by atoms with van der Waals surface area (Å²) < 4.78 is 1.33. The summed E-state index contributed by atoms with van der Waals surface area (Å²) in [5.74, 6) is 0.195. The molecule has 0 amide bonds. The molecule has 0 atom stereocenters. The van der Waals surface area contributed by atoms with Gasteiger partial charge in [0.15, 0.2) is 0 Å². The number of nitrogens with zero attached hydrogens (tertiary/aromatic N) is 2. The highest BCUT2D eigenvalue weighted by atomic mass is 16.3. The van der Waals surface area contributed by atoms with Crippen molar-refractivity contribution in [2.75, 3.05) is 30.8 Å². The Hall–Kier alpha value is -1.76. The van der Waals surface area contributed by atoms with Crippen molar-refractivity contribution in [1.29, 1.82) is 0 Å². The third-order valence-corrected chi connectivity index (χ3v) is 3.06. The smallest absolute Gasteiger partial charge is 0.330 e. The third kappa shape index (κ3) is 3.60. The van der Waals surface area contributed by atoms with Gasteiger partial charge in [-0.25, -0.2) is 4.79 Å². The summed E-state index contributed by atoms with van der Waals surface area (Å²) in [7, 11) is 1.77. The highest BCUT2D eigenvalue weighted by Crippen LogP contribution is 2.15. The Morgan fingerprint density at radius 1 is 1.32 bits per heavy atom. The van der Waals surface area contributed by atoms with Crippen LogP contribution >= 0.6 is 0 Å². The molecule has 7 heteroatoms. The van der Waals surface area contributed by atoms with E-state index in [1.807, 2.05) is 0 Å². The number of aromatic amines is 1. The number of hydrogen-bond donors (Lipinski definition) is 3. The third-order valence-electron chi connectivity index (χ3n) is 3.06. The van der Waals surface area contributed by atoms with Crippen molar-refractivity contribution in [2.24, 2.45) is 0 Å². The zero-order valence-corrected chi connectivity index (χ0v) is 11.5. The van der Waals surface area contributed by atoms with Crippen molar-refractivity contribution in [1.82, 2.24) is 9.55 Å². The molecule has 0 aliphatic heterocycles. The first kappa shape index (κ1) is 15.3. The van der Waals surface area contributed by atoms with Gasteiger partial charge in [0.05, 0.1) is 0 Å². The quantitative estimate of drug-likeness (QED) is 0.592. The zero-order valence-electron chi connectivity index (χ0n) is 11.5. The number of aliphatic hydroxyl groups is 1. The topological polar surface area (TPSA) is 104 Å². The lowest BCUT2D eigenvalue weighted by Crippen LogP contribution is -2.37. The van der Waals surface area contributed by atoms with Gasteiger partial charge in [-0.1, -0.05) is 0 Å². The second kappa shape index (κ2) is 6.98. The van der Waals surface area contributed by atoms with E-state index in [0.29, 0.717) is 18.8 Å². The van der Waals surface area contributed by atoms with Gasteiger partial charge in [-0.2, -0.15) is 0 Å². The summed E-state index contributed by atoms with van der Waals surface area (Å²) in [5, 5.41) is 8.71. The van der Waals surface area contributed by atoms with Gasteiger partial charge < -0.3 is 15.7 Å². The average molecular weight is 270 g/mol. The Bertz CT molecular complexity index is 521. The number of unbranched alkanes of at least 4 members (excludes halogenated alkanes) is 2. The number of nitrogen functional groups attached to an aromatic ring is 1. The molecule has 0 aliphatic carbocycles. The number of aliphatic hydroxyl groups excluding tert-OH is 1. The first-order valence-electron chi connectivity index (χ1n) is 6.47. The first-order chi connectivity index (χ1) is 9.02. The molecule has 19 heavy (non-hydrogen) atoms. The van der Waals surface area contributed by atoms with E-state index in [0.717, 1.165) is 19.3 Å². The van der Waals surface area contributed by atoms with Gasteiger partial charge in [-0.05, 0) is 26.2 Å². The van der Waals surface area contributed by atoms with Crippen molar-refractivity contribution < 1.29 is 5.11 Å². The summed E-state index contributed by atoms with van der Waals surface area (Å²) in [6.07, 6.45) is 2.47. The van der Waals surface area contributed by atoms with E-state index in [1.54, 1.807) is 18.9 Å². The summed E-state index contributed by atoms with van der Waals surface area (Å²) >= 11 is 0. The lowest BCUT2D eigenvalue weighted by Gasteiger charge is -2.21. The number of anilines is 2. The van der Waals surface area contributed by atoms with Crippen molar-refractivity contribution >= 4 is 11.5 Å². The predicted octanol–water partition coefficient (Wildman–Crippen LogP) is -0.262. The standard InChI is InChI=1S/C12H22N4O3/c1-3-16-10(13)9(11(18)14-12(16)19)15(2)7-5-4-6-8-17/h17H,3-8,13H2,1-2H3,(H,14,18,19). The molecular weight excluding hydrogens is 248 g/mol. The van der Waals surface area contributed by atoms with Crippen LogP contribution in [0.15, 0.2) is 9.59 Å². The summed E-state index contributed by atoms with van der Waals surface area (Å²) in [6, 6.07) is 0. The number of nitrogens with two attached hydrogens (primary N) is 1. The molecule has 0 saturated carbocycles.